The Kier molecular flexibility index (Phi) is 5.17. The number of hydrogen-bond acceptors (Lipinski definition) is 3. The van der Waals surface area contributed by atoms with Crippen LogP contribution in [0.2, 0.25) is 0 Å². The number of alkyl halides is 2. The summed E-state index contributed by atoms with van der Waals surface area (Å²) in [4.78, 5) is 4.17. The number of rotatable bonds is 5. The van der Waals surface area contributed by atoms with Crippen molar-refractivity contribution in [2.75, 3.05) is 25.5 Å². The lowest BCUT2D eigenvalue weighted by molar-refractivity contribution is 0.0207. The number of thioether (sulfide) groups is 1. The Labute approximate surface area is 86.3 Å². The van der Waals surface area contributed by atoms with E-state index in [0.717, 1.165) is 10.9 Å². The van der Waals surface area contributed by atoms with Gasteiger partial charge in [0.2, 0.25) is 0 Å². The predicted molar refractivity (Wildman–Crippen MR) is 54.2 cm³/mol. The molecular formula is C8H14F2N2OS. The largest absolute Gasteiger partial charge is 0.374 e. The molecule has 1 N–H and O–H groups in total. The van der Waals surface area contributed by atoms with Crippen molar-refractivity contribution in [1.82, 2.24) is 5.32 Å². The van der Waals surface area contributed by atoms with Gasteiger partial charge in [0, 0.05) is 11.8 Å². The van der Waals surface area contributed by atoms with Gasteiger partial charge in [-0.3, -0.25) is 4.99 Å². The van der Waals surface area contributed by atoms with Crippen molar-refractivity contribution in [2.24, 2.45) is 4.99 Å². The fourth-order valence-electron chi connectivity index (χ4n) is 0.973. The first-order chi connectivity index (χ1) is 6.68. The van der Waals surface area contributed by atoms with Crippen molar-refractivity contribution >= 4 is 16.9 Å². The van der Waals surface area contributed by atoms with E-state index in [1.54, 1.807) is 11.8 Å². The maximum atomic E-state index is 11.6. The van der Waals surface area contributed by atoms with E-state index in [4.69, 9.17) is 0 Å². The highest BCUT2D eigenvalue weighted by Gasteiger charge is 2.14. The molecule has 0 spiro atoms. The minimum Gasteiger partial charge on any atom is -0.374 e. The van der Waals surface area contributed by atoms with E-state index in [-0.39, 0.29) is 6.61 Å². The van der Waals surface area contributed by atoms with Crippen LogP contribution in [0.15, 0.2) is 4.99 Å². The summed E-state index contributed by atoms with van der Waals surface area (Å²) < 4.78 is 28.0. The highest BCUT2D eigenvalue weighted by molar-refractivity contribution is 8.14. The summed E-state index contributed by atoms with van der Waals surface area (Å²) >= 11 is 1.65. The summed E-state index contributed by atoms with van der Waals surface area (Å²) in [7, 11) is 0. The monoisotopic (exact) mass is 224 g/mol. The van der Waals surface area contributed by atoms with Gasteiger partial charge in [0.15, 0.2) is 5.17 Å². The van der Waals surface area contributed by atoms with Crippen molar-refractivity contribution in [3.8, 4) is 0 Å². The Morgan fingerprint density at radius 2 is 2.50 bits per heavy atom. The van der Waals surface area contributed by atoms with E-state index >= 15 is 0 Å². The Morgan fingerprint density at radius 3 is 3.07 bits per heavy atom. The quantitative estimate of drug-likeness (QED) is 0.716. The van der Waals surface area contributed by atoms with Crippen LogP contribution in [0.4, 0.5) is 8.78 Å². The van der Waals surface area contributed by atoms with Gasteiger partial charge in [0.25, 0.3) is 6.43 Å². The molecule has 1 atom stereocenters. The van der Waals surface area contributed by atoms with Crippen LogP contribution in [0, 0.1) is 0 Å². The van der Waals surface area contributed by atoms with Gasteiger partial charge < -0.3 is 10.1 Å². The van der Waals surface area contributed by atoms with Gasteiger partial charge in [0.05, 0.1) is 13.2 Å². The van der Waals surface area contributed by atoms with Crippen molar-refractivity contribution in [3.63, 3.8) is 0 Å². The lowest BCUT2D eigenvalue weighted by Crippen LogP contribution is -2.23. The molecule has 1 rings (SSSR count). The first-order valence-electron chi connectivity index (χ1n) is 4.48. The Balaban J connectivity index is 2.03. The molecule has 0 amide bonds. The van der Waals surface area contributed by atoms with E-state index in [1.807, 2.05) is 0 Å². The zero-order valence-electron chi connectivity index (χ0n) is 8.00. The van der Waals surface area contributed by atoms with Gasteiger partial charge >= 0.3 is 0 Å². The van der Waals surface area contributed by atoms with Gasteiger partial charge in [0.1, 0.15) is 6.61 Å². The van der Waals surface area contributed by atoms with Crippen LogP contribution in [0.25, 0.3) is 0 Å². The molecule has 6 heteroatoms. The number of amidine groups is 1. The molecule has 0 aliphatic carbocycles. The molecule has 1 unspecified atom stereocenters. The molecule has 0 aromatic heterocycles. The van der Waals surface area contributed by atoms with Crippen LogP contribution in [0.1, 0.15) is 6.92 Å². The topological polar surface area (TPSA) is 33.6 Å². The Bertz CT molecular complexity index is 202. The fraction of sp³-hybridized carbons (Fsp3) is 0.875. The molecule has 14 heavy (non-hydrogen) atoms. The van der Waals surface area contributed by atoms with Crippen LogP contribution < -0.4 is 5.32 Å². The highest BCUT2D eigenvalue weighted by Crippen LogP contribution is 2.12. The Hall–Kier alpha value is -0.360. The minimum absolute atomic E-state index is 0.254. The summed E-state index contributed by atoms with van der Waals surface area (Å²) in [5.41, 5.74) is 0. The van der Waals surface area contributed by atoms with E-state index < -0.39 is 13.0 Å². The van der Waals surface area contributed by atoms with E-state index in [1.165, 1.54) is 0 Å². The smallest absolute Gasteiger partial charge is 0.261 e. The van der Waals surface area contributed by atoms with Gasteiger partial charge in [-0.05, 0) is 6.92 Å². The summed E-state index contributed by atoms with van der Waals surface area (Å²) in [5, 5.41) is 4.05. The molecule has 0 radical (unpaired) electrons. The second-order valence-corrected chi connectivity index (χ2v) is 4.02. The normalized spacial score (nSPS) is 24.6. The molecule has 82 valence electrons. The minimum atomic E-state index is -2.39. The fourth-order valence-corrected chi connectivity index (χ4v) is 1.93. The third-order valence-electron chi connectivity index (χ3n) is 1.57. The number of aliphatic imine (C=N–C) groups is 1. The van der Waals surface area contributed by atoms with Gasteiger partial charge in [-0.1, -0.05) is 11.8 Å². The van der Waals surface area contributed by atoms with E-state index in [0.29, 0.717) is 12.6 Å². The SMILES string of the molecule is CC1CSC(=NCCOCC(F)F)N1. The molecule has 1 fully saturated rings. The summed E-state index contributed by atoms with van der Waals surface area (Å²) in [6.07, 6.45) is -2.39. The maximum Gasteiger partial charge on any atom is 0.261 e. The number of halogens is 2. The molecule has 1 aliphatic heterocycles. The van der Waals surface area contributed by atoms with Crippen molar-refractivity contribution in [2.45, 2.75) is 19.4 Å². The number of ether oxygens (including phenoxy) is 1. The third-order valence-corrected chi connectivity index (χ3v) is 2.76. The second kappa shape index (κ2) is 6.19. The zero-order valence-corrected chi connectivity index (χ0v) is 8.82. The first-order valence-corrected chi connectivity index (χ1v) is 5.46. The number of nitrogens with zero attached hydrogens (tertiary/aromatic N) is 1. The number of hydrogen-bond donors (Lipinski definition) is 1. The average molecular weight is 224 g/mol. The number of nitrogens with one attached hydrogen (secondary N) is 1. The van der Waals surface area contributed by atoms with Crippen LogP contribution in [0.3, 0.4) is 0 Å². The van der Waals surface area contributed by atoms with Crippen LogP contribution in [-0.4, -0.2) is 43.1 Å². The van der Waals surface area contributed by atoms with Crippen LogP contribution >= 0.6 is 11.8 Å². The van der Waals surface area contributed by atoms with Crippen LogP contribution in [0.5, 0.6) is 0 Å². The first kappa shape index (κ1) is 11.7. The molecule has 0 aromatic carbocycles. The molecular weight excluding hydrogens is 210 g/mol. The van der Waals surface area contributed by atoms with E-state index in [9.17, 15) is 8.78 Å². The van der Waals surface area contributed by atoms with Gasteiger partial charge in [-0.15, -0.1) is 0 Å². The van der Waals surface area contributed by atoms with Crippen LogP contribution in [-0.2, 0) is 4.74 Å². The molecule has 1 aliphatic rings. The lowest BCUT2D eigenvalue weighted by atomic mass is 10.4. The maximum absolute atomic E-state index is 11.6. The van der Waals surface area contributed by atoms with E-state index in [2.05, 4.69) is 22.0 Å². The molecule has 0 bridgehead atoms. The van der Waals surface area contributed by atoms with Crippen molar-refractivity contribution < 1.29 is 13.5 Å². The third kappa shape index (κ3) is 4.76. The van der Waals surface area contributed by atoms with Crippen molar-refractivity contribution in [3.05, 3.63) is 0 Å². The standard InChI is InChI=1S/C8H14F2N2OS/c1-6-5-14-8(12-6)11-2-3-13-4-7(9)10/h6-7H,2-5H2,1H3,(H,11,12). The van der Waals surface area contributed by atoms with Gasteiger partial charge in [-0.2, -0.15) is 0 Å². The van der Waals surface area contributed by atoms with Crippen molar-refractivity contribution in [1.29, 1.82) is 0 Å². The summed E-state index contributed by atoms with van der Waals surface area (Å²) in [6.45, 7) is 2.27. The molecule has 0 saturated carbocycles. The molecule has 1 saturated heterocycles. The summed E-state index contributed by atoms with van der Waals surface area (Å²) in [5.74, 6) is 1.01. The molecule has 0 aromatic rings. The summed E-state index contributed by atoms with van der Waals surface area (Å²) in [6, 6.07) is 0.445. The zero-order chi connectivity index (χ0) is 10.4. The second-order valence-electron chi connectivity index (χ2n) is 3.01. The molecule has 1 heterocycles. The Morgan fingerprint density at radius 1 is 1.71 bits per heavy atom. The predicted octanol–water partition coefficient (Wildman–Crippen LogP) is 1.35. The average Bonchev–Trinajstić information content (AvgIpc) is 2.50. The lowest BCUT2D eigenvalue weighted by Gasteiger charge is -2.02. The molecule has 3 nitrogen and oxygen atoms in total. The van der Waals surface area contributed by atoms with Gasteiger partial charge in [-0.25, -0.2) is 8.78 Å². The highest BCUT2D eigenvalue weighted by atomic mass is 32.2.